The fraction of sp³-hybridized carbons (Fsp3) is 0.250. The molecule has 1 aromatic carbocycles. The van der Waals surface area contributed by atoms with E-state index in [1.165, 1.54) is 18.2 Å². The van der Waals surface area contributed by atoms with Crippen LogP contribution in [-0.2, 0) is 6.54 Å². The lowest BCUT2D eigenvalue weighted by Gasteiger charge is -2.11. The Morgan fingerprint density at radius 3 is 2.74 bits per heavy atom. The largest absolute Gasteiger partial charge is 0.493 e. The summed E-state index contributed by atoms with van der Waals surface area (Å²) >= 11 is 5.93. The number of ether oxygens (including phenoxy) is 1. The van der Waals surface area contributed by atoms with Crippen molar-refractivity contribution in [3.05, 3.63) is 52.4 Å². The summed E-state index contributed by atoms with van der Waals surface area (Å²) in [6.07, 6.45) is 0.814. The second-order valence-corrected chi connectivity index (χ2v) is 5.18. The third-order valence-corrected chi connectivity index (χ3v) is 3.18. The van der Waals surface area contributed by atoms with Crippen molar-refractivity contribution in [1.29, 1.82) is 0 Å². The zero-order valence-corrected chi connectivity index (χ0v) is 13.2. The number of carbonyl (C=O) groups excluding carboxylic acids is 1. The van der Waals surface area contributed by atoms with Gasteiger partial charge in [-0.3, -0.25) is 4.79 Å². The number of amides is 1. The molecule has 1 amide bonds. The first kappa shape index (κ1) is 16.9. The van der Waals surface area contributed by atoms with Crippen LogP contribution in [0.5, 0.6) is 5.75 Å². The van der Waals surface area contributed by atoms with Crippen molar-refractivity contribution in [3.63, 3.8) is 0 Å². The average molecular weight is 338 g/mol. The minimum Gasteiger partial charge on any atom is -0.493 e. The van der Waals surface area contributed by atoms with Gasteiger partial charge in [0.2, 0.25) is 5.76 Å². The molecule has 0 saturated carbocycles. The van der Waals surface area contributed by atoms with Crippen molar-refractivity contribution >= 4 is 23.5 Å². The Kier molecular flexibility index (Phi) is 5.65. The molecule has 2 N–H and O–H groups in total. The highest BCUT2D eigenvalue weighted by molar-refractivity contribution is 6.31. The molecule has 0 saturated heterocycles. The van der Waals surface area contributed by atoms with Crippen molar-refractivity contribution in [3.8, 4) is 5.75 Å². The molecule has 23 heavy (non-hydrogen) atoms. The number of halogens is 1. The first-order valence-electron chi connectivity index (χ1n) is 7.03. The van der Waals surface area contributed by atoms with Gasteiger partial charge in [0.05, 0.1) is 18.7 Å². The number of benzene rings is 1. The fourth-order valence-electron chi connectivity index (χ4n) is 1.87. The van der Waals surface area contributed by atoms with Crippen molar-refractivity contribution in [2.45, 2.75) is 19.9 Å². The number of nitrogens with one attached hydrogen (secondary N) is 1. The van der Waals surface area contributed by atoms with Gasteiger partial charge in [-0.2, -0.15) is 0 Å². The minimum absolute atomic E-state index is 0.0614. The zero-order valence-electron chi connectivity index (χ0n) is 12.5. The zero-order chi connectivity index (χ0) is 16.8. The summed E-state index contributed by atoms with van der Waals surface area (Å²) in [5.74, 6) is -0.934. The van der Waals surface area contributed by atoms with E-state index in [1.807, 2.05) is 6.92 Å². The molecule has 0 unspecified atom stereocenters. The lowest BCUT2D eigenvalue weighted by molar-refractivity contribution is 0.0660. The number of carbonyl (C=O) groups is 2. The molecule has 6 nitrogen and oxygen atoms in total. The van der Waals surface area contributed by atoms with Crippen LogP contribution in [0.4, 0.5) is 0 Å². The molecule has 0 aliphatic heterocycles. The summed E-state index contributed by atoms with van der Waals surface area (Å²) in [7, 11) is 0. The lowest BCUT2D eigenvalue weighted by atomic mass is 10.2. The van der Waals surface area contributed by atoms with Crippen LogP contribution in [0.2, 0.25) is 5.02 Å². The predicted octanol–water partition coefficient (Wildman–Crippen LogP) is 3.35. The fourth-order valence-corrected chi connectivity index (χ4v) is 2.04. The van der Waals surface area contributed by atoms with Crippen LogP contribution in [0.25, 0.3) is 0 Å². The second kappa shape index (κ2) is 7.69. The first-order valence-corrected chi connectivity index (χ1v) is 7.41. The van der Waals surface area contributed by atoms with E-state index in [9.17, 15) is 9.59 Å². The standard InChI is InChI=1S/C16H16ClNO5/c1-2-7-22-13-5-3-10(17)8-12(13)15(19)18-9-11-4-6-14(23-11)16(20)21/h3-6,8H,2,7,9H2,1H3,(H,18,19)(H,20,21). The van der Waals surface area contributed by atoms with Crippen molar-refractivity contribution in [2.75, 3.05) is 6.61 Å². The Morgan fingerprint density at radius 2 is 2.09 bits per heavy atom. The van der Waals surface area contributed by atoms with Gasteiger partial charge in [-0.05, 0) is 36.8 Å². The molecule has 2 aromatic rings. The Labute approximate surface area is 138 Å². The number of rotatable bonds is 7. The molecular formula is C16H16ClNO5. The van der Waals surface area contributed by atoms with E-state index in [4.69, 9.17) is 25.9 Å². The summed E-state index contributed by atoms with van der Waals surface area (Å²) in [4.78, 5) is 23.0. The summed E-state index contributed by atoms with van der Waals surface area (Å²) in [6, 6.07) is 7.64. The molecule has 1 aromatic heterocycles. The minimum atomic E-state index is -1.16. The third-order valence-electron chi connectivity index (χ3n) is 2.94. The van der Waals surface area contributed by atoms with Gasteiger partial charge in [0.25, 0.3) is 5.91 Å². The van der Waals surface area contributed by atoms with E-state index in [0.717, 1.165) is 6.42 Å². The Balaban J connectivity index is 2.07. The smallest absolute Gasteiger partial charge is 0.371 e. The molecule has 1 heterocycles. The quantitative estimate of drug-likeness (QED) is 0.808. The van der Waals surface area contributed by atoms with E-state index in [0.29, 0.717) is 28.7 Å². The van der Waals surface area contributed by atoms with Crippen molar-refractivity contribution in [1.82, 2.24) is 5.32 Å². The molecule has 2 rings (SSSR count). The van der Waals surface area contributed by atoms with Gasteiger partial charge >= 0.3 is 5.97 Å². The average Bonchev–Trinajstić information content (AvgIpc) is 3.00. The van der Waals surface area contributed by atoms with Crippen LogP contribution >= 0.6 is 11.6 Å². The topological polar surface area (TPSA) is 88.8 Å². The van der Waals surface area contributed by atoms with Gasteiger partial charge in [-0.25, -0.2) is 4.79 Å². The van der Waals surface area contributed by atoms with E-state index in [1.54, 1.807) is 12.1 Å². The highest BCUT2D eigenvalue weighted by atomic mass is 35.5. The van der Waals surface area contributed by atoms with Crippen molar-refractivity contribution in [2.24, 2.45) is 0 Å². The molecule has 0 aliphatic carbocycles. The van der Waals surface area contributed by atoms with Gasteiger partial charge < -0.3 is 19.6 Å². The Hall–Kier alpha value is -2.47. The monoisotopic (exact) mass is 337 g/mol. The van der Waals surface area contributed by atoms with Gasteiger partial charge in [-0.1, -0.05) is 18.5 Å². The second-order valence-electron chi connectivity index (χ2n) is 4.74. The number of aromatic carboxylic acids is 1. The maximum absolute atomic E-state index is 12.3. The molecule has 0 spiro atoms. The van der Waals surface area contributed by atoms with E-state index < -0.39 is 5.97 Å². The molecule has 122 valence electrons. The summed E-state index contributed by atoms with van der Waals surface area (Å²) in [5, 5.41) is 11.9. The van der Waals surface area contributed by atoms with Crippen LogP contribution in [-0.4, -0.2) is 23.6 Å². The molecule has 0 fully saturated rings. The number of hydrogen-bond acceptors (Lipinski definition) is 4. The SMILES string of the molecule is CCCOc1ccc(Cl)cc1C(=O)NCc1ccc(C(=O)O)o1. The highest BCUT2D eigenvalue weighted by Crippen LogP contribution is 2.23. The van der Waals surface area contributed by atoms with Crippen LogP contribution in [0.1, 0.15) is 40.0 Å². The maximum Gasteiger partial charge on any atom is 0.371 e. The number of furan rings is 1. The molecule has 7 heteroatoms. The third kappa shape index (κ3) is 4.50. The van der Waals surface area contributed by atoms with Crippen LogP contribution < -0.4 is 10.1 Å². The van der Waals surface area contributed by atoms with Gasteiger partial charge in [0.15, 0.2) is 0 Å². The first-order chi connectivity index (χ1) is 11.0. The number of carboxylic acid groups (broad SMARTS) is 1. The summed E-state index contributed by atoms with van der Waals surface area (Å²) < 4.78 is 10.6. The van der Waals surface area contributed by atoms with Gasteiger partial charge in [0, 0.05) is 5.02 Å². The van der Waals surface area contributed by atoms with Crippen LogP contribution in [0, 0.1) is 0 Å². The van der Waals surface area contributed by atoms with Crippen LogP contribution in [0.15, 0.2) is 34.7 Å². The molecule has 0 bridgehead atoms. The maximum atomic E-state index is 12.3. The predicted molar refractivity (Wildman–Crippen MR) is 84.1 cm³/mol. The number of carboxylic acids is 1. The Morgan fingerprint density at radius 1 is 1.30 bits per heavy atom. The number of hydrogen-bond donors (Lipinski definition) is 2. The van der Waals surface area contributed by atoms with Crippen LogP contribution in [0.3, 0.4) is 0 Å². The van der Waals surface area contributed by atoms with E-state index in [2.05, 4.69) is 5.32 Å². The van der Waals surface area contributed by atoms with E-state index >= 15 is 0 Å². The van der Waals surface area contributed by atoms with Crippen molar-refractivity contribution < 1.29 is 23.8 Å². The molecular weight excluding hydrogens is 322 g/mol. The molecule has 0 radical (unpaired) electrons. The normalized spacial score (nSPS) is 10.3. The van der Waals surface area contributed by atoms with Gasteiger partial charge in [0.1, 0.15) is 11.5 Å². The van der Waals surface area contributed by atoms with Gasteiger partial charge in [-0.15, -0.1) is 0 Å². The summed E-state index contributed by atoms with van der Waals surface area (Å²) in [5.41, 5.74) is 0.316. The summed E-state index contributed by atoms with van der Waals surface area (Å²) in [6.45, 7) is 2.51. The Bertz CT molecular complexity index is 710. The highest BCUT2D eigenvalue weighted by Gasteiger charge is 2.15. The lowest BCUT2D eigenvalue weighted by Crippen LogP contribution is -2.23. The molecule has 0 aliphatic rings. The molecule has 0 atom stereocenters. The van der Waals surface area contributed by atoms with E-state index in [-0.39, 0.29) is 18.2 Å².